The molecule has 0 amide bonds. The molecule has 2 aliphatic heterocycles. The Morgan fingerprint density at radius 1 is 0.833 bits per heavy atom. The van der Waals surface area contributed by atoms with Gasteiger partial charge in [-0.25, -0.2) is 0 Å². The second-order valence-corrected chi connectivity index (χ2v) is 10.4. The number of hydrogen-bond donors (Lipinski definition) is 0. The minimum absolute atomic E-state index is 1.02. The Labute approximate surface area is 111 Å². The van der Waals surface area contributed by atoms with Crippen LogP contribution in [0.5, 0.6) is 0 Å². The van der Waals surface area contributed by atoms with Gasteiger partial charge >= 0.3 is 0 Å². The highest BCUT2D eigenvalue weighted by atomic mass is 28.3. The maximum Gasteiger partial charge on any atom is 0.152 e. The van der Waals surface area contributed by atoms with Gasteiger partial charge in [0.25, 0.3) is 0 Å². The van der Waals surface area contributed by atoms with E-state index in [1.807, 2.05) is 0 Å². The molecule has 0 aromatic heterocycles. The molecule has 2 aliphatic rings. The van der Waals surface area contributed by atoms with Gasteiger partial charge in [0.1, 0.15) is 0 Å². The van der Waals surface area contributed by atoms with E-state index in [1.54, 1.807) is 0 Å². The topological polar surface area (TPSA) is 6.48 Å². The highest BCUT2D eigenvalue weighted by molar-refractivity contribution is 6.73. The molecule has 0 saturated heterocycles. The van der Waals surface area contributed by atoms with Crippen molar-refractivity contribution in [2.75, 3.05) is 6.54 Å². The van der Waals surface area contributed by atoms with E-state index in [2.05, 4.69) is 85.1 Å². The average Bonchev–Trinajstić information content (AvgIpc) is 2.38. The Morgan fingerprint density at radius 2 is 1.28 bits per heavy atom. The fraction of sp³-hybridized carbons (Fsp3) is 0.333. The van der Waals surface area contributed by atoms with Crippen LogP contribution in [0.1, 0.15) is 6.92 Å². The molecule has 0 saturated carbocycles. The molecule has 0 N–H and O–H groups in total. The molecular weight excluding hydrogens is 236 g/mol. The first-order valence-electron chi connectivity index (χ1n) is 6.52. The summed E-state index contributed by atoms with van der Waals surface area (Å²) in [7, 11) is -1.26. The van der Waals surface area contributed by atoms with Crippen LogP contribution < -0.4 is 0 Å². The van der Waals surface area contributed by atoms with Crippen molar-refractivity contribution in [3.63, 3.8) is 0 Å². The Morgan fingerprint density at radius 3 is 1.67 bits per heavy atom. The lowest BCUT2D eigenvalue weighted by atomic mass is 10.1. The molecular formula is C15H22N2Si. The Hall–Kier alpha value is -1.48. The normalized spacial score (nSPS) is 19.1. The van der Waals surface area contributed by atoms with Crippen LogP contribution in [-0.2, 0) is 0 Å². The summed E-state index contributed by atoms with van der Waals surface area (Å²) in [6, 6.07) is 0. The van der Waals surface area contributed by atoms with Crippen molar-refractivity contribution in [1.82, 2.24) is 9.47 Å². The third-order valence-corrected chi connectivity index (χ3v) is 5.04. The Bertz CT molecular complexity index is 429. The third-order valence-electron chi connectivity index (χ3n) is 3.19. The lowest BCUT2D eigenvalue weighted by molar-refractivity contribution is 0.532. The van der Waals surface area contributed by atoms with E-state index in [4.69, 9.17) is 0 Å². The van der Waals surface area contributed by atoms with Gasteiger partial charge in [-0.2, -0.15) is 0 Å². The fourth-order valence-corrected chi connectivity index (χ4v) is 2.97. The van der Waals surface area contributed by atoms with Crippen molar-refractivity contribution in [2.24, 2.45) is 0 Å². The minimum Gasteiger partial charge on any atom is -0.381 e. The van der Waals surface area contributed by atoms with Crippen molar-refractivity contribution in [3.05, 3.63) is 60.3 Å². The fourth-order valence-electron chi connectivity index (χ4n) is 1.93. The molecule has 18 heavy (non-hydrogen) atoms. The first kappa shape index (κ1) is 13.0. The summed E-state index contributed by atoms with van der Waals surface area (Å²) in [5.41, 5.74) is 2.56. The Kier molecular flexibility index (Phi) is 3.62. The van der Waals surface area contributed by atoms with E-state index in [9.17, 15) is 0 Å². The first-order chi connectivity index (χ1) is 8.50. The van der Waals surface area contributed by atoms with Gasteiger partial charge in [0.2, 0.25) is 0 Å². The standard InChI is InChI=1S/C15H22N2Si/c1-5-16-10-6-14(7-11-16)15-8-12-17(13-9-15)18(2,3)4/h6-13H,5H2,1-4H3. The van der Waals surface area contributed by atoms with Crippen LogP contribution in [0.2, 0.25) is 19.6 Å². The number of rotatable bonds is 2. The molecule has 0 aromatic carbocycles. The quantitative estimate of drug-likeness (QED) is 0.695. The van der Waals surface area contributed by atoms with Crippen LogP contribution in [0.15, 0.2) is 60.3 Å². The predicted molar refractivity (Wildman–Crippen MR) is 81.2 cm³/mol. The van der Waals surface area contributed by atoms with Crippen molar-refractivity contribution in [2.45, 2.75) is 26.6 Å². The molecule has 0 aromatic rings. The molecule has 0 fully saturated rings. The molecule has 3 heteroatoms. The van der Waals surface area contributed by atoms with Gasteiger partial charge in [-0.1, -0.05) is 19.6 Å². The molecule has 2 nitrogen and oxygen atoms in total. The highest BCUT2D eigenvalue weighted by Crippen LogP contribution is 2.22. The molecule has 0 bridgehead atoms. The SMILES string of the molecule is CCN1C=CC(=C2C=CN([Si](C)(C)C)C=C2)C=C1. The lowest BCUT2D eigenvalue weighted by Gasteiger charge is -2.31. The van der Waals surface area contributed by atoms with Crippen LogP contribution in [0.3, 0.4) is 0 Å². The van der Waals surface area contributed by atoms with Crippen LogP contribution in [-0.4, -0.2) is 24.2 Å². The zero-order chi connectivity index (χ0) is 13.2. The van der Waals surface area contributed by atoms with Gasteiger partial charge in [-0.3, -0.25) is 0 Å². The van der Waals surface area contributed by atoms with Crippen LogP contribution >= 0.6 is 0 Å². The van der Waals surface area contributed by atoms with Crippen LogP contribution in [0, 0.1) is 0 Å². The third kappa shape index (κ3) is 2.85. The second-order valence-electron chi connectivity index (χ2n) is 5.58. The van der Waals surface area contributed by atoms with Crippen LogP contribution in [0.25, 0.3) is 0 Å². The predicted octanol–water partition coefficient (Wildman–Crippen LogP) is 3.82. The highest BCUT2D eigenvalue weighted by Gasteiger charge is 2.20. The minimum atomic E-state index is -1.26. The molecule has 96 valence electrons. The van der Waals surface area contributed by atoms with Gasteiger partial charge in [0, 0.05) is 18.9 Å². The number of nitrogens with zero attached hydrogens (tertiary/aromatic N) is 2. The van der Waals surface area contributed by atoms with E-state index >= 15 is 0 Å². The van der Waals surface area contributed by atoms with E-state index in [0.717, 1.165) is 6.54 Å². The van der Waals surface area contributed by atoms with Gasteiger partial charge in [-0.15, -0.1) is 0 Å². The summed E-state index contributed by atoms with van der Waals surface area (Å²) in [4.78, 5) is 2.18. The summed E-state index contributed by atoms with van der Waals surface area (Å²) in [5, 5.41) is 0. The van der Waals surface area contributed by atoms with Gasteiger partial charge in [0.05, 0.1) is 0 Å². The molecule has 2 heterocycles. The molecule has 0 spiro atoms. The van der Waals surface area contributed by atoms with Crippen molar-refractivity contribution >= 4 is 8.24 Å². The van der Waals surface area contributed by atoms with Gasteiger partial charge in [0.15, 0.2) is 8.24 Å². The molecule has 0 unspecified atom stereocenters. The number of allylic oxidation sites excluding steroid dienone is 6. The van der Waals surface area contributed by atoms with Gasteiger partial charge in [-0.05, 0) is 54.8 Å². The summed E-state index contributed by atoms with van der Waals surface area (Å²) in [6.07, 6.45) is 17.5. The van der Waals surface area contributed by atoms with Crippen molar-refractivity contribution in [1.29, 1.82) is 0 Å². The second kappa shape index (κ2) is 5.02. The van der Waals surface area contributed by atoms with Gasteiger partial charge < -0.3 is 9.47 Å². The van der Waals surface area contributed by atoms with Crippen molar-refractivity contribution in [3.8, 4) is 0 Å². The van der Waals surface area contributed by atoms with E-state index < -0.39 is 8.24 Å². The molecule has 2 rings (SSSR count). The monoisotopic (exact) mass is 258 g/mol. The summed E-state index contributed by atoms with van der Waals surface area (Å²) < 4.78 is 2.37. The zero-order valence-electron chi connectivity index (χ0n) is 11.7. The largest absolute Gasteiger partial charge is 0.381 e. The lowest BCUT2D eigenvalue weighted by Crippen LogP contribution is -2.38. The Balaban J connectivity index is 2.15. The van der Waals surface area contributed by atoms with E-state index in [0.29, 0.717) is 0 Å². The van der Waals surface area contributed by atoms with E-state index in [1.165, 1.54) is 11.1 Å². The summed E-state index contributed by atoms with van der Waals surface area (Å²) in [5.74, 6) is 0. The zero-order valence-corrected chi connectivity index (χ0v) is 12.7. The van der Waals surface area contributed by atoms with Crippen LogP contribution in [0.4, 0.5) is 0 Å². The van der Waals surface area contributed by atoms with E-state index in [-0.39, 0.29) is 0 Å². The average molecular weight is 258 g/mol. The number of hydrogen-bond acceptors (Lipinski definition) is 2. The maximum atomic E-state index is 2.37. The first-order valence-corrected chi connectivity index (χ1v) is 9.96. The molecule has 0 radical (unpaired) electrons. The van der Waals surface area contributed by atoms with Crippen molar-refractivity contribution < 1.29 is 0 Å². The molecule has 0 atom stereocenters. The summed E-state index contributed by atoms with van der Waals surface area (Å²) >= 11 is 0. The maximum absolute atomic E-state index is 2.37. The molecule has 0 aliphatic carbocycles. The summed E-state index contributed by atoms with van der Waals surface area (Å²) in [6.45, 7) is 10.2. The smallest absolute Gasteiger partial charge is 0.152 e.